The van der Waals surface area contributed by atoms with Gasteiger partial charge >= 0.3 is 0 Å². The number of nitrogens with zero attached hydrogens (tertiary/aromatic N) is 5. The number of anilines is 1. The molecule has 7 heteroatoms. The Bertz CT molecular complexity index is 825. The van der Waals surface area contributed by atoms with E-state index in [1.54, 1.807) is 0 Å². The fraction of sp³-hybridized carbons (Fsp3) is 0.556. The molecule has 25 heavy (non-hydrogen) atoms. The molecule has 0 spiro atoms. The van der Waals surface area contributed by atoms with E-state index in [2.05, 4.69) is 32.6 Å². The molecular weight excluding hydrogens is 316 g/mol. The van der Waals surface area contributed by atoms with E-state index in [4.69, 9.17) is 5.10 Å². The summed E-state index contributed by atoms with van der Waals surface area (Å²) in [5, 5.41) is 16.3. The molecule has 2 fully saturated rings. The normalized spacial score (nSPS) is 21.0. The molecule has 130 valence electrons. The third-order valence-electron chi connectivity index (χ3n) is 5.44. The molecule has 3 heterocycles. The molecule has 7 nitrogen and oxygen atoms in total. The number of carbonyl (C=O) groups excluding carboxylic acids is 1. The summed E-state index contributed by atoms with van der Waals surface area (Å²) in [5.41, 5.74) is 0.820. The van der Waals surface area contributed by atoms with Crippen LogP contribution in [0.25, 0.3) is 5.65 Å². The number of aromatic nitrogens is 4. The van der Waals surface area contributed by atoms with Gasteiger partial charge in [-0.05, 0) is 37.8 Å². The van der Waals surface area contributed by atoms with E-state index in [1.165, 1.54) is 12.8 Å². The topological polar surface area (TPSA) is 75.4 Å². The zero-order valence-electron chi connectivity index (χ0n) is 14.1. The van der Waals surface area contributed by atoms with Crippen LogP contribution in [0.3, 0.4) is 0 Å². The maximum Gasteiger partial charge on any atom is 0.223 e. The summed E-state index contributed by atoms with van der Waals surface area (Å²) in [4.78, 5) is 14.3. The van der Waals surface area contributed by atoms with Crippen LogP contribution in [0.1, 0.15) is 37.4 Å². The minimum Gasteiger partial charge on any atom is -0.355 e. The largest absolute Gasteiger partial charge is 0.355 e. The Morgan fingerprint density at radius 3 is 2.72 bits per heavy atom. The molecule has 1 N–H and O–H groups in total. The molecule has 0 aromatic carbocycles. The van der Waals surface area contributed by atoms with Crippen molar-refractivity contribution in [1.82, 2.24) is 25.1 Å². The minimum atomic E-state index is 0.148. The molecule has 1 saturated carbocycles. The first-order valence-electron chi connectivity index (χ1n) is 9.18. The van der Waals surface area contributed by atoms with Crippen LogP contribution < -0.4 is 10.2 Å². The number of rotatable bonds is 5. The molecule has 0 unspecified atom stereocenters. The van der Waals surface area contributed by atoms with Gasteiger partial charge in [-0.3, -0.25) is 4.79 Å². The maximum atomic E-state index is 12.1. The van der Waals surface area contributed by atoms with Crippen molar-refractivity contribution in [1.29, 1.82) is 0 Å². The van der Waals surface area contributed by atoms with E-state index in [-0.39, 0.29) is 11.8 Å². The minimum absolute atomic E-state index is 0.148. The lowest BCUT2D eigenvalue weighted by Gasteiger charge is -2.40. The number of hydrogen-bond acceptors (Lipinski definition) is 5. The standard InChI is InChI=1S/C18H22N6O/c25-18(14-3-1-2-4-14)19-9-12-10-23(11-12)16-8-7-15-20-21-17(13-5-6-13)24(15)22-16/h1-2,7-8,12-14H,3-6,9-11H2,(H,19,25). The third kappa shape index (κ3) is 2.77. The summed E-state index contributed by atoms with van der Waals surface area (Å²) in [7, 11) is 0. The number of allylic oxidation sites excluding steroid dienone is 2. The van der Waals surface area contributed by atoms with E-state index in [0.717, 1.165) is 49.8 Å². The molecule has 2 aromatic rings. The summed E-state index contributed by atoms with van der Waals surface area (Å²) < 4.78 is 1.90. The highest BCUT2D eigenvalue weighted by Crippen LogP contribution is 2.38. The molecule has 1 saturated heterocycles. The van der Waals surface area contributed by atoms with Crippen LogP contribution in [0.4, 0.5) is 5.82 Å². The lowest BCUT2D eigenvalue weighted by atomic mass is 9.99. The fourth-order valence-corrected chi connectivity index (χ4v) is 3.67. The smallest absolute Gasteiger partial charge is 0.223 e. The van der Waals surface area contributed by atoms with Gasteiger partial charge in [0, 0.05) is 37.4 Å². The van der Waals surface area contributed by atoms with Crippen molar-refractivity contribution < 1.29 is 4.79 Å². The highest BCUT2D eigenvalue weighted by molar-refractivity contribution is 5.79. The lowest BCUT2D eigenvalue weighted by molar-refractivity contribution is -0.124. The molecule has 2 aromatic heterocycles. The Morgan fingerprint density at radius 2 is 1.96 bits per heavy atom. The van der Waals surface area contributed by atoms with Crippen molar-refractivity contribution in [2.45, 2.75) is 31.6 Å². The zero-order chi connectivity index (χ0) is 16.8. The maximum absolute atomic E-state index is 12.1. The Balaban J connectivity index is 1.18. The van der Waals surface area contributed by atoms with Gasteiger partial charge in [-0.25, -0.2) is 0 Å². The second kappa shape index (κ2) is 5.82. The van der Waals surface area contributed by atoms with Crippen LogP contribution >= 0.6 is 0 Å². The summed E-state index contributed by atoms with van der Waals surface area (Å²) >= 11 is 0. The molecule has 1 aliphatic heterocycles. The van der Waals surface area contributed by atoms with E-state index in [0.29, 0.717) is 11.8 Å². The number of nitrogens with one attached hydrogen (secondary N) is 1. The average molecular weight is 338 g/mol. The SMILES string of the molecule is O=C(NCC1CN(c2ccc3nnc(C4CC4)n3n2)C1)C1CC=CC1. The Labute approximate surface area is 146 Å². The molecule has 3 aliphatic rings. The first-order valence-corrected chi connectivity index (χ1v) is 9.18. The molecular formula is C18H22N6O. The quantitative estimate of drug-likeness (QED) is 0.837. The number of amides is 1. The summed E-state index contributed by atoms with van der Waals surface area (Å²) in [6.07, 6.45) is 8.34. The van der Waals surface area contributed by atoms with Crippen LogP contribution in [-0.4, -0.2) is 45.4 Å². The van der Waals surface area contributed by atoms with Gasteiger partial charge in [0.15, 0.2) is 11.5 Å². The van der Waals surface area contributed by atoms with Gasteiger partial charge in [-0.15, -0.1) is 15.3 Å². The second-order valence-electron chi connectivity index (χ2n) is 7.45. The van der Waals surface area contributed by atoms with Crippen molar-refractivity contribution in [2.75, 3.05) is 24.5 Å². The second-order valence-corrected chi connectivity index (χ2v) is 7.45. The zero-order valence-corrected chi connectivity index (χ0v) is 14.1. The molecule has 1 amide bonds. The third-order valence-corrected chi connectivity index (χ3v) is 5.44. The Kier molecular flexibility index (Phi) is 3.46. The van der Waals surface area contributed by atoms with Crippen LogP contribution in [-0.2, 0) is 4.79 Å². The first kappa shape index (κ1) is 14.9. The molecule has 0 atom stereocenters. The number of fused-ring (bicyclic) bond motifs is 1. The number of carbonyl (C=O) groups is 1. The van der Waals surface area contributed by atoms with Gasteiger partial charge in [0.25, 0.3) is 0 Å². The lowest BCUT2D eigenvalue weighted by Crippen LogP contribution is -2.52. The van der Waals surface area contributed by atoms with Crippen molar-refractivity contribution in [3.8, 4) is 0 Å². The predicted molar refractivity (Wildman–Crippen MR) is 93.3 cm³/mol. The van der Waals surface area contributed by atoms with Crippen molar-refractivity contribution in [3.05, 3.63) is 30.1 Å². The summed E-state index contributed by atoms with van der Waals surface area (Å²) in [6, 6.07) is 4.00. The van der Waals surface area contributed by atoms with E-state index in [9.17, 15) is 4.79 Å². The van der Waals surface area contributed by atoms with E-state index >= 15 is 0 Å². The average Bonchev–Trinajstić information content (AvgIpc) is 3.11. The van der Waals surface area contributed by atoms with Gasteiger partial charge in [-0.1, -0.05) is 12.2 Å². The van der Waals surface area contributed by atoms with Gasteiger partial charge in [0.2, 0.25) is 5.91 Å². The molecule has 2 aliphatic carbocycles. The first-order chi connectivity index (χ1) is 12.3. The monoisotopic (exact) mass is 338 g/mol. The molecule has 0 bridgehead atoms. The number of hydrogen-bond donors (Lipinski definition) is 1. The van der Waals surface area contributed by atoms with Crippen LogP contribution in [0, 0.1) is 11.8 Å². The predicted octanol–water partition coefficient (Wildman–Crippen LogP) is 1.52. The highest BCUT2D eigenvalue weighted by atomic mass is 16.1. The van der Waals surface area contributed by atoms with Gasteiger partial charge < -0.3 is 10.2 Å². The van der Waals surface area contributed by atoms with Crippen LogP contribution in [0.15, 0.2) is 24.3 Å². The van der Waals surface area contributed by atoms with Crippen molar-refractivity contribution in [2.24, 2.45) is 11.8 Å². The van der Waals surface area contributed by atoms with E-state index in [1.807, 2.05) is 16.6 Å². The molecule has 0 radical (unpaired) electrons. The van der Waals surface area contributed by atoms with Gasteiger partial charge in [-0.2, -0.15) is 4.52 Å². The fourth-order valence-electron chi connectivity index (χ4n) is 3.67. The molecule has 5 rings (SSSR count). The van der Waals surface area contributed by atoms with Crippen LogP contribution in [0.2, 0.25) is 0 Å². The van der Waals surface area contributed by atoms with Crippen molar-refractivity contribution in [3.63, 3.8) is 0 Å². The van der Waals surface area contributed by atoms with Gasteiger partial charge in [0.05, 0.1) is 0 Å². The van der Waals surface area contributed by atoms with Crippen molar-refractivity contribution >= 4 is 17.4 Å². The Hall–Kier alpha value is -2.44. The van der Waals surface area contributed by atoms with Crippen LogP contribution in [0.5, 0.6) is 0 Å². The Morgan fingerprint density at radius 1 is 1.16 bits per heavy atom. The summed E-state index contributed by atoms with van der Waals surface area (Å²) in [5.74, 6) is 3.33. The summed E-state index contributed by atoms with van der Waals surface area (Å²) in [6.45, 7) is 2.62. The van der Waals surface area contributed by atoms with Gasteiger partial charge in [0.1, 0.15) is 5.82 Å². The van der Waals surface area contributed by atoms with E-state index < -0.39 is 0 Å². The highest BCUT2D eigenvalue weighted by Gasteiger charge is 2.31.